The molecule has 4 nitrogen and oxygen atoms in total. The molecular formula is C20H18N4. The first-order valence-electron chi connectivity index (χ1n) is 7.61. The normalized spacial score (nSPS) is 12.2. The predicted octanol–water partition coefficient (Wildman–Crippen LogP) is 3.11. The van der Waals surface area contributed by atoms with Gasteiger partial charge in [0.1, 0.15) is 0 Å². The number of hydrogen-bond acceptors (Lipinski definition) is 4. The topological polar surface area (TPSA) is 76.8 Å². The van der Waals surface area contributed by atoms with Gasteiger partial charge in [0.05, 0.1) is 11.4 Å². The molecule has 3 aromatic rings. The Morgan fingerprint density at radius 3 is 1.25 bits per heavy atom. The lowest BCUT2D eigenvalue weighted by Crippen LogP contribution is -2.10. The van der Waals surface area contributed by atoms with Crippen LogP contribution in [0.5, 0.6) is 0 Å². The molecule has 0 spiro atoms. The SMILES string of the molecule is NN=C(c1ccccc1)c1cccc(C(=NN)c2ccccc2)c1. The summed E-state index contributed by atoms with van der Waals surface area (Å²) in [5, 5.41) is 7.95. The van der Waals surface area contributed by atoms with E-state index in [1.807, 2.05) is 84.9 Å². The van der Waals surface area contributed by atoms with Crippen LogP contribution in [0.25, 0.3) is 0 Å². The second kappa shape index (κ2) is 7.24. The van der Waals surface area contributed by atoms with Crippen molar-refractivity contribution in [1.29, 1.82) is 0 Å². The summed E-state index contributed by atoms with van der Waals surface area (Å²) in [6.45, 7) is 0. The number of rotatable bonds is 4. The Morgan fingerprint density at radius 2 is 0.875 bits per heavy atom. The highest BCUT2D eigenvalue weighted by Gasteiger charge is 2.11. The highest BCUT2D eigenvalue weighted by atomic mass is 15.1. The van der Waals surface area contributed by atoms with E-state index in [9.17, 15) is 0 Å². The van der Waals surface area contributed by atoms with Crippen molar-refractivity contribution in [3.05, 3.63) is 107 Å². The van der Waals surface area contributed by atoms with Gasteiger partial charge >= 0.3 is 0 Å². The molecule has 3 rings (SSSR count). The molecule has 4 heteroatoms. The molecule has 24 heavy (non-hydrogen) atoms. The van der Waals surface area contributed by atoms with Gasteiger partial charge < -0.3 is 11.7 Å². The summed E-state index contributed by atoms with van der Waals surface area (Å²) in [5.74, 6) is 11.3. The summed E-state index contributed by atoms with van der Waals surface area (Å²) >= 11 is 0. The lowest BCUT2D eigenvalue weighted by Gasteiger charge is -2.10. The molecule has 0 unspecified atom stereocenters. The van der Waals surface area contributed by atoms with Gasteiger partial charge in [-0.25, -0.2) is 0 Å². The van der Waals surface area contributed by atoms with Gasteiger partial charge in [-0.05, 0) is 6.07 Å². The Morgan fingerprint density at radius 1 is 0.500 bits per heavy atom. The van der Waals surface area contributed by atoms with E-state index >= 15 is 0 Å². The largest absolute Gasteiger partial charge is 0.323 e. The van der Waals surface area contributed by atoms with Crippen LogP contribution < -0.4 is 11.7 Å². The minimum atomic E-state index is 0.724. The van der Waals surface area contributed by atoms with Crippen LogP contribution in [0.2, 0.25) is 0 Å². The van der Waals surface area contributed by atoms with E-state index in [0.717, 1.165) is 33.7 Å². The number of hydrazone groups is 2. The van der Waals surface area contributed by atoms with Crippen molar-refractivity contribution in [2.24, 2.45) is 21.9 Å². The fourth-order valence-electron chi connectivity index (χ4n) is 2.64. The quantitative estimate of drug-likeness (QED) is 0.441. The van der Waals surface area contributed by atoms with Gasteiger partial charge in [-0.3, -0.25) is 0 Å². The average Bonchev–Trinajstić information content (AvgIpc) is 2.65. The van der Waals surface area contributed by atoms with Gasteiger partial charge in [-0.1, -0.05) is 78.9 Å². The van der Waals surface area contributed by atoms with Crippen LogP contribution in [0.1, 0.15) is 22.3 Å². The minimum Gasteiger partial charge on any atom is -0.323 e. The highest BCUT2D eigenvalue weighted by Crippen LogP contribution is 2.16. The van der Waals surface area contributed by atoms with Crippen LogP contribution in [-0.2, 0) is 0 Å². The van der Waals surface area contributed by atoms with Crippen LogP contribution in [0.3, 0.4) is 0 Å². The van der Waals surface area contributed by atoms with E-state index < -0.39 is 0 Å². The third-order valence-corrected chi connectivity index (χ3v) is 3.76. The van der Waals surface area contributed by atoms with Gasteiger partial charge in [-0.15, -0.1) is 0 Å². The lowest BCUT2D eigenvalue weighted by atomic mass is 9.96. The maximum absolute atomic E-state index is 5.64. The van der Waals surface area contributed by atoms with Crippen LogP contribution >= 0.6 is 0 Å². The average molecular weight is 314 g/mol. The summed E-state index contributed by atoms with van der Waals surface area (Å²) in [6.07, 6.45) is 0. The molecule has 0 aliphatic carbocycles. The monoisotopic (exact) mass is 314 g/mol. The summed E-state index contributed by atoms with van der Waals surface area (Å²) < 4.78 is 0. The number of hydrogen-bond donors (Lipinski definition) is 2. The summed E-state index contributed by atoms with van der Waals surface area (Å²) in [7, 11) is 0. The van der Waals surface area contributed by atoms with Gasteiger partial charge in [0.15, 0.2) is 0 Å². The van der Waals surface area contributed by atoms with E-state index in [-0.39, 0.29) is 0 Å². The minimum absolute atomic E-state index is 0.724. The standard InChI is InChI=1S/C20H18N4/c21-23-19(15-8-3-1-4-9-15)17-12-7-13-18(14-17)20(24-22)16-10-5-2-6-11-16/h1-14H,21-22H2. The maximum Gasteiger partial charge on any atom is 0.0971 e. The fourth-order valence-corrected chi connectivity index (χ4v) is 2.64. The molecule has 0 aliphatic heterocycles. The Kier molecular flexibility index (Phi) is 4.68. The molecule has 0 amide bonds. The van der Waals surface area contributed by atoms with E-state index in [1.165, 1.54) is 0 Å². The van der Waals surface area contributed by atoms with Crippen LogP contribution in [0.4, 0.5) is 0 Å². The van der Waals surface area contributed by atoms with Gasteiger partial charge in [0.25, 0.3) is 0 Å². The molecule has 118 valence electrons. The van der Waals surface area contributed by atoms with Crippen molar-refractivity contribution >= 4 is 11.4 Å². The zero-order chi connectivity index (χ0) is 16.8. The second-order valence-corrected chi connectivity index (χ2v) is 5.27. The van der Waals surface area contributed by atoms with Gasteiger partial charge in [0, 0.05) is 22.3 Å². The Hall–Kier alpha value is -3.40. The summed E-state index contributed by atoms with van der Waals surface area (Å²) in [6, 6.07) is 27.6. The van der Waals surface area contributed by atoms with Crippen molar-refractivity contribution in [2.45, 2.75) is 0 Å². The number of nitrogens with zero attached hydrogens (tertiary/aromatic N) is 2. The molecule has 0 aliphatic rings. The van der Waals surface area contributed by atoms with Crippen molar-refractivity contribution in [1.82, 2.24) is 0 Å². The molecule has 0 atom stereocenters. The second-order valence-electron chi connectivity index (χ2n) is 5.27. The Balaban J connectivity index is 2.03. The Bertz CT molecular complexity index is 798. The molecular weight excluding hydrogens is 296 g/mol. The van der Waals surface area contributed by atoms with Gasteiger partial charge in [-0.2, -0.15) is 10.2 Å². The van der Waals surface area contributed by atoms with E-state index in [4.69, 9.17) is 11.7 Å². The fraction of sp³-hybridized carbons (Fsp3) is 0. The number of nitrogens with two attached hydrogens (primary N) is 2. The smallest absolute Gasteiger partial charge is 0.0971 e. The molecule has 0 saturated carbocycles. The van der Waals surface area contributed by atoms with Crippen molar-refractivity contribution in [3.8, 4) is 0 Å². The molecule has 0 fully saturated rings. The van der Waals surface area contributed by atoms with Crippen molar-refractivity contribution < 1.29 is 0 Å². The third kappa shape index (κ3) is 3.17. The van der Waals surface area contributed by atoms with Crippen LogP contribution in [0, 0.1) is 0 Å². The van der Waals surface area contributed by atoms with Crippen LogP contribution in [-0.4, -0.2) is 11.4 Å². The van der Waals surface area contributed by atoms with Crippen LogP contribution in [0.15, 0.2) is 95.1 Å². The molecule has 4 N–H and O–H groups in total. The first kappa shape index (κ1) is 15.5. The predicted molar refractivity (Wildman–Crippen MR) is 99.0 cm³/mol. The van der Waals surface area contributed by atoms with Crippen molar-refractivity contribution in [2.75, 3.05) is 0 Å². The zero-order valence-corrected chi connectivity index (χ0v) is 13.1. The summed E-state index contributed by atoms with van der Waals surface area (Å²) in [4.78, 5) is 0. The zero-order valence-electron chi connectivity index (χ0n) is 13.1. The first-order chi connectivity index (χ1) is 11.8. The molecule has 0 bridgehead atoms. The first-order valence-corrected chi connectivity index (χ1v) is 7.61. The number of benzene rings is 3. The van der Waals surface area contributed by atoms with E-state index in [0.29, 0.717) is 0 Å². The highest BCUT2D eigenvalue weighted by molar-refractivity contribution is 6.16. The van der Waals surface area contributed by atoms with E-state index in [2.05, 4.69) is 10.2 Å². The molecule has 0 saturated heterocycles. The molecule has 0 aromatic heterocycles. The van der Waals surface area contributed by atoms with Gasteiger partial charge in [0.2, 0.25) is 0 Å². The summed E-state index contributed by atoms with van der Waals surface area (Å²) in [5.41, 5.74) is 5.20. The maximum atomic E-state index is 5.64. The van der Waals surface area contributed by atoms with Crippen molar-refractivity contribution in [3.63, 3.8) is 0 Å². The Labute approximate surface area is 141 Å². The molecule has 0 heterocycles. The third-order valence-electron chi connectivity index (χ3n) is 3.76. The van der Waals surface area contributed by atoms with E-state index in [1.54, 1.807) is 0 Å². The molecule has 3 aromatic carbocycles. The lowest BCUT2D eigenvalue weighted by molar-refractivity contribution is 1.23. The molecule has 0 radical (unpaired) electrons.